The largest absolute Gasteiger partial charge is 0.493 e. The summed E-state index contributed by atoms with van der Waals surface area (Å²) in [5.41, 5.74) is 0.749. The predicted molar refractivity (Wildman–Crippen MR) is 92.9 cm³/mol. The predicted octanol–water partition coefficient (Wildman–Crippen LogP) is 1.73. The van der Waals surface area contributed by atoms with E-state index in [4.69, 9.17) is 23.7 Å². The van der Waals surface area contributed by atoms with Crippen molar-refractivity contribution >= 4 is 18.2 Å². The van der Waals surface area contributed by atoms with Gasteiger partial charge in [0.25, 0.3) is 0 Å². The molecule has 8 heteroatoms. The Bertz CT molecular complexity index is 754. The smallest absolute Gasteiger partial charge is 0.335 e. The molecule has 1 aromatic rings. The maximum absolute atomic E-state index is 12.3. The zero-order valence-electron chi connectivity index (χ0n) is 15.3. The SMILES string of the molecule is COC(=O)C1=CN=CC(C(=O)OC)[C@@H]1c1ccc(OC)c(OC)c1OC. The summed E-state index contributed by atoms with van der Waals surface area (Å²) in [5.74, 6) is -1.54. The topological polar surface area (TPSA) is 92.7 Å². The number of carbonyl (C=O) groups excluding carboxylic acids is 2. The minimum Gasteiger partial charge on any atom is -0.493 e. The highest BCUT2D eigenvalue weighted by Crippen LogP contribution is 2.47. The van der Waals surface area contributed by atoms with Gasteiger partial charge in [-0.25, -0.2) is 4.79 Å². The lowest BCUT2D eigenvalue weighted by Crippen LogP contribution is -2.31. The number of benzene rings is 1. The Morgan fingerprint density at radius 1 is 0.923 bits per heavy atom. The van der Waals surface area contributed by atoms with E-state index in [1.165, 1.54) is 48.0 Å². The maximum atomic E-state index is 12.3. The first kappa shape index (κ1) is 19.3. The molecular weight excluding hydrogens is 342 g/mol. The Balaban J connectivity index is 2.70. The number of carbonyl (C=O) groups is 2. The van der Waals surface area contributed by atoms with Crippen LogP contribution in [0.2, 0.25) is 0 Å². The van der Waals surface area contributed by atoms with E-state index in [0.29, 0.717) is 22.8 Å². The fourth-order valence-corrected chi connectivity index (χ4v) is 2.94. The molecule has 0 saturated carbocycles. The number of rotatable bonds is 6. The monoisotopic (exact) mass is 363 g/mol. The van der Waals surface area contributed by atoms with E-state index in [-0.39, 0.29) is 5.57 Å². The summed E-state index contributed by atoms with van der Waals surface area (Å²) in [4.78, 5) is 28.6. The van der Waals surface area contributed by atoms with Crippen molar-refractivity contribution in [3.63, 3.8) is 0 Å². The summed E-state index contributed by atoms with van der Waals surface area (Å²) in [6, 6.07) is 3.38. The molecule has 0 bridgehead atoms. The first-order chi connectivity index (χ1) is 12.5. The van der Waals surface area contributed by atoms with Gasteiger partial charge >= 0.3 is 11.9 Å². The van der Waals surface area contributed by atoms with E-state index >= 15 is 0 Å². The van der Waals surface area contributed by atoms with Crippen molar-refractivity contribution in [2.75, 3.05) is 35.5 Å². The number of nitrogens with zero attached hydrogens (tertiary/aromatic N) is 1. The fourth-order valence-electron chi connectivity index (χ4n) is 2.94. The molecule has 0 aromatic heterocycles. The highest BCUT2D eigenvalue weighted by Gasteiger charge is 2.40. The van der Waals surface area contributed by atoms with Crippen LogP contribution < -0.4 is 14.2 Å². The second-order valence-corrected chi connectivity index (χ2v) is 5.32. The lowest BCUT2D eigenvalue weighted by molar-refractivity contribution is -0.143. The van der Waals surface area contributed by atoms with Gasteiger partial charge in [0.05, 0.1) is 41.1 Å². The van der Waals surface area contributed by atoms with Crippen LogP contribution in [-0.4, -0.2) is 53.7 Å². The first-order valence-corrected chi connectivity index (χ1v) is 7.72. The van der Waals surface area contributed by atoms with Gasteiger partial charge in [-0.1, -0.05) is 6.07 Å². The van der Waals surface area contributed by atoms with E-state index in [1.54, 1.807) is 12.1 Å². The summed E-state index contributed by atoms with van der Waals surface area (Å²) in [5, 5.41) is 0. The van der Waals surface area contributed by atoms with Crippen LogP contribution in [0, 0.1) is 5.92 Å². The van der Waals surface area contributed by atoms with Crippen LogP contribution in [0.15, 0.2) is 28.9 Å². The molecule has 1 aliphatic rings. The van der Waals surface area contributed by atoms with Gasteiger partial charge in [0.2, 0.25) is 5.75 Å². The van der Waals surface area contributed by atoms with Crippen LogP contribution >= 0.6 is 0 Å². The maximum Gasteiger partial charge on any atom is 0.335 e. The molecule has 1 unspecified atom stereocenters. The summed E-state index contributed by atoms with van der Waals surface area (Å²) in [6.07, 6.45) is 2.80. The molecule has 0 radical (unpaired) electrons. The third-order valence-corrected chi connectivity index (χ3v) is 4.12. The normalized spacial score (nSPS) is 18.6. The van der Waals surface area contributed by atoms with E-state index in [2.05, 4.69) is 4.99 Å². The lowest BCUT2D eigenvalue weighted by atomic mass is 9.79. The molecule has 0 amide bonds. The quantitative estimate of drug-likeness (QED) is 0.711. The third-order valence-electron chi connectivity index (χ3n) is 4.12. The van der Waals surface area contributed by atoms with Gasteiger partial charge in [-0.3, -0.25) is 9.79 Å². The van der Waals surface area contributed by atoms with Crippen LogP contribution in [0.5, 0.6) is 17.2 Å². The second-order valence-electron chi connectivity index (χ2n) is 5.32. The van der Waals surface area contributed by atoms with E-state index in [0.717, 1.165) is 0 Å². The van der Waals surface area contributed by atoms with Crippen molar-refractivity contribution in [3.05, 3.63) is 29.5 Å². The summed E-state index contributed by atoms with van der Waals surface area (Å²) in [7, 11) is 6.97. The van der Waals surface area contributed by atoms with E-state index < -0.39 is 23.8 Å². The standard InChI is InChI=1S/C18H21NO7/c1-22-13-7-6-10(15(23-2)16(13)24-3)14-11(17(20)25-4)8-19-9-12(14)18(21)26-5/h6-9,11,14H,1-5H3/t11?,14-/m0/s1. The number of methoxy groups -OCH3 is 5. The Labute approximate surface area is 151 Å². The molecule has 0 spiro atoms. The Morgan fingerprint density at radius 3 is 2.15 bits per heavy atom. The highest BCUT2D eigenvalue weighted by atomic mass is 16.5. The van der Waals surface area contributed by atoms with Crippen molar-refractivity contribution in [3.8, 4) is 17.2 Å². The summed E-state index contributed by atoms with van der Waals surface area (Å²) >= 11 is 0. The average molecular weight is 363 g/mol. The van der Waals surface area contributed by atoms with Crippen molar-refractivity contribution in [1.29, 1.82) is 0 Å². The zero-order valence-corrected chi connectivity index (χ0v) is 15.3. The Kier molecular flexibility index (Phi) is 6.21. The molecule has 1 aromatic carbocycles. The van der Waals surface area contributed by atoms with Crippen LogP contribution in [0.3, 0.4) is 0 Å². The minimum absolute atomic E-state index is 0.205. The van der Waals surface area contributed by atoms with E-state index in [1.807, 2.05) is 0 Å². The molecule has 0 aliphatic carbocycles. The van der Waals surface area contributed by atoms with Crippen molar-refractivity contribution in [2.24, 2.45) is 10.9 Å². The molecule has 26 heavy (non-hydrogen) atoms. The molecule has 0 N–H and O–H groups in total. The van der Waals surface area contributed by atoms with E-state index in [9.17, 15) is 9.59 Å². The van der Waals surface area contributed by atoms with Crippen molar-refractivity contribution in [2.45, 2.75) is 5.92 Å². The Hall–Kier alpha value is -3.03. The van der Waals surface area contributed by atoms with Gasteiger partial charge in [0.15, 0.2) is 11.5 Å². The van der Waals surface area contributed by atoms with Gasteiger partial charge in [0.1, 0.15) is 5.92 Å². The molecule has 0 fully saturated rings. The van der Waals surface area contributed by atoms with Gasteiger partial charge in [-0.15, -0.1) is 0 Å². The molecule has 1 aliphatic heterocycles. The zero-order chi connectivity index (χ0) is 19.3. The molecule has 8 nitrogen and oxygen atoms in total. The number of hydrogen-bond donors (Lipinski definition) is 0. The summed E-state index contributed by atoms with van der Waals surface area (Å²) < 4.78 is 25.9. The average Bonchev–Trinajstić information content (AvgIpc) is 2.70. The number of esters is 2. The lowest BCUT2D eigenvalue weighted by Gasteiger charge is -2.28. The van der Waals surface area contributed by atoms with Gasteiger partial charge in [-0.2, -0.15) is 0 Å². The molecule has 0 saturated heterocycles. The molecule has 2 atom stereocenters. The van der Waals surface area contributed by atoms with Gasteiger partial charge in [0, 0.05) is 23.9 Å². The molecule has 140 valence electrons. The fraction of sp³-hybridized carbons (Fsp3) is 0.389. The van der Waals surface area contributed by atoms with Crippen molar-refractivity contribution < 1.29 is 33.3 Å². The van der Waals surface area contributed by atoms with Crippen LogP contribution in [0.4, 0.5) is 0 Å². The molecular formula is C18H21NO7. The number of aliphatic imine (C=N–C) groups is 1. The second kappa shape index (κ2) is 8.37. The van der Waals surface area contributed by atoms with Gasteiger partial charge < -0.3 is 23.7 Å². The number of ether oxygens (including phenoxy) is 5. The Morgan fingerprint density at radius 2 is 1.62 bits per heavy atom. The van der Waals surface area contributed by atoms with Crippen LogP contribution in [0.1, 0.15) is 11.5 Å². The third kappa shape index (κ3) is 3.35. The van der Waals surface area contributed by atoms with Crippen molar-refractivity contribution in [1.82, 2.24) is 0 Å². The van der Waals surface area contributed by atoms with Crippen LogP contribution in [-0.2, 0) is 19.1 Å². The highest BCUT2D eigenvalue weighted by molar-refractivity contribution is 5.99. The molecule has 2 rings (SSSR count). The van der Waals surface area contributed by atoms with Gasteiger partial charge in [-0.05, 0) is 6.07 Å². The summed E-state index contributed by atoms with van der Waals surface area (Å²) in [6.45, 7) is 0. The first-order valence-electron chi connectivity index (χ1n) is 7.72. The number of hydrogen-bond acceptors (Lipinski definition) is 8. The minimum atomic E-state index is -0.828. The molecule has 1 heterocycles. The van der Waals surface area contributed by atoms with Crippen LogP contribution in [0.25, 0.3) is 0 Å².